The molecule has 1 aromatic carbocycles. The fourth-order valence-electron chi connectivity index (χ4n) is 2.08. The topological polar surface area (TPSA) is 63.7 Å². The van der Waals surface area contributed by atoms with Crippen LogP contribution in [0.5, 0.6) is 5.75 Å². The number of carbonyl (C=O) groups is 1. The monoisotopic (exact) mass is 333 g/mol. The van der Waals surface area contributed by atoms with Crippen LogP contribution in [0.2, 0.25) is 0 Å². The molecule has 0 radical (unpaired) electrons. The van der Waals surface area contributed by atoms with Crippen LogP contribution in [0.4, 0.5) is 0 Å². The average Bonchev–Trinajstić information content (AvgIpc) is 2.37. The van der Waals surface area contributed by atoms with Gasteiger partial charge < -0.3 is 9.64 Å². The van der Waals surface area contributed by atoms with E-state index in [2.05, 4.69) is 0 Å². The number of likely N-dealkylation sites (N-methyl/N-ethyl adjacent to an activating group) is 1. The second-order valence-electron chi connectivity index (χ2n) is 4.68. The van der Waals surface area contributed by atoms with E-state index in [-0.39, 0.29) is 17.4 Å². The lowest BCUT2D eigenvalue weighted by Gasteiger charge is -2.20. The van der Waals surface area contributed by atoms with Gasteiger partial charge in [0.15, 0.2) is 6.61 Å². The van der Waals surface area contributed by atoms with Gasteiger partial charge in [-0.15, -0.1) is 0 Å². The predicted octanol–water partition coefficient (Wildman–Crippen LogP) is 2.48. The lowest BCUT2D eigenvalue weighted by Crippen LogP contribution is -2.34. The van der Waals surface area contributed by atoms with E-state index < -0.39 is 9.05 Å². The zero-order valence-corrected chi connectivity index (χ0v) is 14.2. The van der Waals surface area contributed by atoms with E-state index in [1.165, 1.54) is 12.1 Å². The molecule has 118 valence electrons. The van der Waals surface area contributed by atoms with Crippen LogP contribution in [-0.4, -0.2) is 38.9 Å². The number of halogens is 1. The number of rotatable bonds is 6. The van der Waals surface area contributed by atoms with Crippen molar-refractivity contribution in [3.63, 3.8) is 0 Å². The third kappa shape index (κ3) is 4.61. The van der Waals surface area contributed by atoms with Gasteiger partial charge in [0.2, 0.25) is 0 Å². The summed E-state index contributed by atoms with van der Waals surface area (Å²) in [6, 6.07) is 2.87. The van der Waals surface area contributed by atoms with Crippen LogP contribution in [-0.2, 0) is 13.8 Å². The highest BCUT2D eigenvalue weighted by Gasteiger charge is 2.16. The van der Waals surface area contributed by atoms with Gasteiger partial charge in [0.05, 0.1) is 4.90 Å². The van der Waals surface area contributed by atoms with Crippen LogP contribution in [0, 0.1) is 13.8 Å². The summed E-state index contributed by atoms with van der Waals surface area (Å²) in [6.07, 6.45) is 0. The summed E-state index contributed by atoms with van der Waals surface area (Å²) in [6.45, 7) is 8.41. The number of carbonyl (C=O) groups excluding carboxylic acids is 1. The first kappa shape index (κ1) is 17.8. The highest BCUT2D eigenvalue weighted by Crippen LogP contribution is 2.28. The van der Waals surface area contributed by atoms with Crippen molar-refractivity contribution >= 4 is 25.6 Å². The van der Waals surface area contributed by atoms with Crippen molar-refractivity contribution in [3.05, 3.63) is 23.3 Å². The van der Waals surface area contributed by atoms with Crippen LogP contribution < -0.4 is 4.74 Å². The summed E-state index contributed by atoms with van der Waals surface area (Å²) in [5, 5.41) is 0. The summed E-state index contributed by atoms with van der Waals surface area (Å²) in [5.74, 6) is 0.410. The molecule has 0 aliphatic heterocycles. The Labute approximate surface area is 130 Å². The molecule has 0 unspecified atom stereocenters. The molecule has 0 fully saturated rings. The van der Waals surface area contributed by atoms with Crippen molar-refractivity contribution in [2.45, 2.75) is 32.6 Å². The van der Waals surface area contributed by atoms with Crippen LogP contribution in [0.25, 0.3) is 0 Å². The van der Waals surface area contributed by atoms with Gasteiger partial charge >= 0.3 is 0 Å². The highest BCUT2D eigenvalue weighted by molar-refractivity contribution is 8.13. The molecule has 0 saturated heterocycles. The Kier molecular flexibility index (Phi) is 6.04. The van der Waals surface area contributed by atoms with Crippen molar-refractivity contribution in [2.24, 2.45) is 0 Å². The Morgan fingerprint density at radius 3 is 2.05 bits per heavy atom. The second-order valence-corrected chi connectivity index (χ2v) is 7.24. The normalized spacial score (nSPS) is 11.3. The largest absolute Gasteiger partial charge is 0.483 e. The molecule has 1 amide bonds. The molecule has 0 aliphatic carbocycles. The first-order valence-corrected chi connectivity index (χ1v) is 8.98. The Bertz CT molecular complexity index is 601. The molecule has 0 saturated carbocycles. The maximum Gasteiger partial charge on any atom is 0.261 e. The van der Waals surface area contributed by atoms with Gasteiger partial charge in [-0.05, 0) is 51.0 Å². The summed E-state index contributed by atoms with van der Waals surface area (Å²) < 4.78 is 28.2. The number of amides is 1. The molecule has 0 aliphatic rings. The molecule has 0 aromatic heterocycles. The summed E-state index contributed by atoms with van der Waals surface area (Å²) in [5.41, 5.74) is 1.25. The third-order valence-corrected chi connectivity index (χ3v) is 4.50. The highest BCUT2D eigenvalue weighted by atomic mass is 35.7. The maximum absolute atomic E-state index is 11.9. The van der Waals surface area contributed by atoms with E-state index in [0.717, 1.165) is 0 Å². The van der Waals surface area contributed by atoms with E-state index in [0.29, 0.717) is 30.0 Å². The molecule has 7 heteroatoms. The minimum absolute atomic E-state index is 0.0292. The maximum atomic E-state index is 11.9. The number of nitrogens with zero attached hydrogens (tertiary/aromatic N) is 1. The first-order valence-electron chi connectivity index (χ1n) is 6.67. The molecule has 0 N–H and O–H groups in total. The molecule has 0 spiro atoms. The molecular weight excluding hydrogens is 314 g/mol. The summed E-state index contributed by atoms with van der Waals surface area (Å²) in [7, 11) is 1.56. The molecule has 0 atom stereocenters. The molecule has 1 aromatic rings. The van der Waals surface area contributed by atoms with Crippen molar-refractivity contribution < 1.29 is 17.9 Å². The van der Waals surface area contributed by atoms with Crippen LogP contribution in [0.1, 0.15) is 25.0 Å². The van der Waals surface area contributed by atoms with Gasteiger partial charge in [0.25, 0.3) is 15.0 Å². The molecule has 21 heavy (non-hydrogen) atoms. The van der Waals surface area contributed by atoms with Crippen molar-refractivity contribution in [2.75, 3.05) is 19.7 Å². The number of hydrogen-bond acceptors (Lipinski definition) is 4. The number of ether oxygens (including phenoxy) is 1. The van der Waals surface area contributed by atoms with Crippen LogP contribution >= 0.6 is 10.7 Å². The van der Waals surface area contributed by atoms with Gasteiger partial charge in [0, 0.05) is 23.8 Å². The molecule has 5 nitrogen and oxygen atoms in total. The smallest absolute Gasteiger partial charge is 0.261 e. The molecule has 0 bridgehead atoms. The summed E-state index contributed by atoms with van der Waals surface area (Å²) in [4.78, 5) is 13.6. The molecule has 0 heterocycles. The van der Waals surface area contributed by atoms with Crippen LogP contribution in [0.3, 0.4) is 0 Å². The van der Waals surface area contributed by atoms with Crippen molar-refractivity contribution in [1.29, 1.82) is 0 Å². The Morgan fingerprint density at radius 2 is 1.67 bits per heavy atom. The minimum atomic E-state index is -3.78. The predicted molar refractivity (Wildman–Crippen MR) is 82.4 cm³/mol. The Morgan fingerprint density at radius 1 is 1.19 bits per heavy atom. The SMILES string of the molecule is CCN(CC)C(=O)COc1c(C)cc(S(=O)(=O)Cl)cc1C. The zero-order chi connectivity index (χ0) is 16.2. The Hall–Kier alpha value is -1.27. The number of benzene rings is 1. The minimum Gasteiger partial charge on any atom is -0.483 e. The average molecular weight is 334 g/mol. The van der Waals surface area contributed by atoms with Crippen molar-refractivity contribution in [3.8, 4) is 5.75 Å². The molecule has 1 rings (SSSR count). The van der Waals surface area contributed by atoms with E-state index in [9.17, 15) is 13.2 Å². The second kappa shape index (κ2) is 7.13. The van der Waals surface area contributed by atoms with Crippen molar-refractivity contribution in [1.82, 2.24) is 4.90 Å². The van der Waals surface area contributed by atoms with Crippen LogP contribution in [0.15, 0.2) is 17.0 Å². The first-order chi connectivity index (χ1) is 9.70. The third-order valence-electron chi connectivity index (χ3n) is 3.17. The number of hydrogen-bond donors (Lipinski definition) is 0. The standard InChI is InChI=1S/C14H20ClNO4S/c1-5-16(6-2)13(17)9-20-14-10(3)7-12(8-11(14)4)21(15,18)19/h7-8H,5-6,9H2,1-4H3. The van der Waals surface area contributed by atoms with Gasteiger partial charge in [-0.25, -0.2) is 8.42 Å². The quantitative estimate of drug-likeness (QED) is 0.750. The zero-order valence-electron chi connectivity index (χ0n) is 12.6. The summed E-state index contributed by atoms with van der Waals surface area (Å²) >= 11 is 0. The van der Waals surface area contributed by atoms with Gasteiger partial charge in [-0.3, -0.25) is 4.79 Å². The number of aryl methyl sites for hydroxylation is 2. The van der Waals surface area contributed by atoms with E-state index >= 15 is 0 Å². The van der Waals surface area contributed by atoms with Gasteiger partial charge in [0.1, 0.15) is 5.75 Å². The van der Waals surface area contributed by atoms with E-state index in [1.54, 1.807) is 18.7 Å². The fraction of sp³-hybridized carbons (Fsp3) is 0.500. The van der Waals surface area contributed by atoms with Gasteiger partial charge in [-0.1, -0.05) is 0 Å². The van der Waals surface area contributed by atoms with E-state index in [4.69, 9.17) is 15.4 Å². The lowest BCUT2D eigenvalue weighted by molar-refractivity contribution is -0.132. The van der Waals surface area contributed by atoms with Gasteiger partial charge in [-0.2, -0.15) is 0 Å². The Balaban J connectivity index is 2.93. The fourth-order valence-corrected chi connectivity index (χ4v) is 2.98. The molecular formula is C14H20ClNO4S. The van der Waals surface area contributed by atoms with E-state index in [1.807, 2.05) is 13.8 Å². The lowest BCUT2D eigenvalue weighted by atomic mass is 10.1.